The van der Waals surface area contributed by atoms with Gasteiger partial charge in [0.25, 0.3) is 0 Å². The van der Waals surface area contributed by atoms with E-state index in [1.54, 1.807) is 0 Å². The summed E-state index contributed by atoms with van der Waals surface area (Å²) in [5.74, 6) is 0.733. The van der Waals surface area contributed by atoms with Gasteiger partial charge in [-0.05, 0) is 31.4 Å². The molecule has 0 aromatic heterocycles. The molecule has 0 saturated carbocycles. The summed E-state index contributed by atoms with van der Waals surface area (Å²) in [6.45, 7) is 12.0. The van der Waals surface area contributed by atoms with Crippen LogP contribution in [0.1, 0.15) is 50.8 Å². The molecule has 0 aliphatic carbocycles. The molecule has 2 atom stereocenters. The van der Waals surface area contributed by atoms with Crippen LogP contribution in [0.25, 0.3) is 0 Å². The number of hydrogen-bond acceptors (Lipinski definition) is 2. The van der Waals surface area contributed by atoms with Crippen LogP contribution >= 0.6 is 0 Å². The molecule has 108 valence electrons. The van der Waals surface area contributed by atoms with Gasteiger partial charge >= 0.3 is 0 Å². The largest absolute Gasteiger partial charge is 0.388 e. The molecule has 1 aromatic rings. The van der Waals surface area contributed by atoms with Gasteiger partial charge in [0.05, 0.1) is 6.10 Å². The molecule has 0 radical (unpaired) electrons. The van der Waals surface area contributed by atoms with Crippen LogP contribution in [-0.4, -0.2) is 29.6 Å². The summed E-state index contributed by atoms with van der Waals surface area (Å²) in [6.07, 6.45) is 1.69. The van der Waals surface area contributed by atoms with Crippen LogP contribution in [0.2, 0.25) is 0 Å². The molecule has 0 spiro atoms. The average Bonchev–Trinajstić information content (AvgIpc) is 2.43. The Bertz CT molecular complexity index is 347. The Hall–Kier alpha value is -0.860. The van der Waals surface area contributed by atoms with Crippen molar-refractivity contribution < 1.29 is 5.11 Å². The van der Waals surface area contributed by atoms with E-state index in [2.05, 4.69) is 44.7 Å². The minimum absolute atomic E-state index is 0.341. The van der Waals surface area contributed by atoms with Crippen molar-refractivity contribution in [3.8, 4) is 0 Å². The van der Waals surface area contributed by atoms with Gasteiger partial charge in [-0.3, -0.25) is 0 Å². The summed E-state index contributed by atoms with van der Waals surface area (Å²) in [4.78, 5) is 2.44. The minimum Gasteiger partial charge on any atom is -0.388 e. The maximum absolute atomic E-state index is 10.2. The van der Waals surface area contributed by atoms with E-state index in [0.717, 1.165) is 37.5 Å². The first-order chi connectivity index (χ1) is 9.06. The zero-order chi connectivity index (χ0) is 14.3. The fourth-order valence-electron chi connectivity index (χ4n) is 2.21. The summed E-state index contributed by atoms with van der Waals surface area (Å²) in [5.41, 5.74) is 2.27. The molecule has 0 aliphatic rings. The molecule has 1 N–H and O–H groups in total. The molecule has 0 saturated heterocycles. The van der Waals surface area contributed by atoms with E-state index in [9.17, 15) is 5.11 Å². The lowest BCUT2D eigenvalue weighted by Crippen LogP contribution is -2.30. The topological polar surface area (TPSA) is 23.5 Å². The molecular formula is C17H29NO. The molecule has 0 amide bonds. The standard InChI is InChI=1S/C17H29NO/c1-5-14(3)13-18(6-2)12-11-17(19)16-9-7-15(4)8-10-16/h7-10,14,17,19H,5-6,11-13H2,1-4H3. The maximum Gasteiger partial charge on any atom is 0.0802 e. The summed E-state index contributed by atoms with van der Waals surface area (Å²) in [7, 11) is 0. The van der Waals surface area contributed by atoms with Crippen molar-refractivity contribution in [2.24, 2.45) is 5.92 Å². The summed E-state index contributed by atoms with van der Waals surface area (Å²) in [6, 6.07) is 8.19. The average molecular weight is 263 g/mol. The second-order valence-corrected chi connectivity index (χ2v) is 5.62. The number of nitrogens with zero attached hydrogens (tertiary/aromatic N) is 1. The number of aliphatic hydroxyl groups excluding tert-OH is 1. The normalized spacial score (nSPS) is 14.6. The molecule has 2 heteroatoms. The zero-order valence-corrected chi connectivity index (χ0v) is 12.9. The van der Waals surface area contributed by atoms with E-state index < -0.39 is 0 Å². The smallest absolute Gasteiger partial charge is 0.0802 e. The summed E-state index contributed by atoms with van der Waals surface area (Å²) in [5, 5.41) is 10.2. The van der Waals surface area contributed by atoms with Gasteiger partial charge in [0.15, 0.2) is 0 Å². The molecule has 2 unspecified atom stereocenters. The predicted octanol–water partition coefficient (Wildman–Crippen LogP) is 3.79. The van der Waals surface area contributed by atoms with Gasteiger partial charge in [-0.2, -0.15) is 0 Å². The maximum atomic E-state index is 10.2. The predicted molar refractivity (Wildman–Crippen MR) is 82.3 cm³/mol. The van der Waals surface area contributed by atoms with Gasteiger partial charge < -0.3 is 10.0 Å². The van der Waals surface area contributed by atoms with Gasteiger partial charge in [0.2, 0.25) is 0 Å². The molecule has 0 heterocycles. The molecule has 0 fully saturated rings. The fraction of sp³-hybridized carbons (Fsp3) is 0.647. The van der Waals surface area contributed by atoms with Crippen molar-refractivity contribution in [1.82, 2.24) is 4.90 Å². The first-order valence-corrected chi connectivity index (χ1v) is 7.53. The molecule has 0 aliphatic heterocycles. The molecular weight excluding hydrogens is 234 g/mol. The lowest BCUT2D eigenvalue weighted by Gasteiger charge is -2.25. The van der Waals surface area contributed by atoms with Gasteiger partial charge in [0.1, 0.15) is 0 Å². The highest BCUT2D eigenvalue weighted by Gasteiger charge is 2.11. The Kier molecular flexibility index (Phi) is 7.11. The number of rotatable bonds is 8. The number of aryl methyl sites for hydroxylation is 1. The van der Waals surface area contributed by atoms with Crippen molar-refractivity contribution in [3.63, 3.8) is 0 Å². The highest BCUT2D eigenvalue weighted by Crippen LogP contribution is 2.18. The Balaban J connectivity index is 2.43. The minimum atomic E-state index is -0.341. The van der Waals surface area contributed by atoms with Crippen molar-refractivity contribution in [3.05, 3.63) is 35.4 Å². The second-order valence-electron chi connectivity index (χ2n) is 5.62. The monoisotopic (exact) mass is 263 g/mol. The van der Waals surface area contributed by atoms with Gasteiger partial charge in [-0.25, -0.2) is 0 Å². The second kappa shape index (κ2) is 8.34. The molecule has 19 heavy (non-hydrogen) atoms. The summed E-state index contributed by atoms with van der Waals surface area (Å²) >= 11 is 0. The van der Waals surface area contributed by atoms with Crippen molar-refractivity contribution in [2.75, 3.05) is 19.6 Å². The molecule has 1 aromatic carbocycles. The quantitative estimate of drug-likeness (QED) is 0.771. The Morgan fingerprint density at radius 2 is 1.79 bits per heavy atom. The molecule has 2 nitrogen and oxygen atoms in total. The Morgan fingerprint density at radius 3 is 2.32 bits per heavy atom. The molecule has 0 bridgehead atoms. The van der Waals surface area contributed by atoms with Crippen LogP contribution in [0.3, 0.4) is 0 Å². The third kappa shape index (κ3) is 5.75. The van der Waals surface area contributed by atoms with Crippen LogP contribution < -0.4 is 0 Å². The highest BCUT2D eigenvalue weighted by molar-refractivity contribution is 5.22. The first-order valence-electron chi connectivity index (χ1n) is 7.53. The third-order valence-corrected chi connectivity index (χ3v) is 3.89. The van der Waals surface area contributed by atoms with Crippen molar-refractivity contribution in [1.29, 1.82) is 0 Å². The van der Waals surface area contributed by atoms with Crippen LogP contribution in [-0.2, 0) is 0 Å². The van der Waals surface area contributed by atoms with Gasteiger partial charge in [-0.1, -0.05) is 57.0 Å². The molecule has 1 rings (SSSR count). The van der Waals surface area contributed by atoms with E-state index in [1.165, 1.54) is 12.0 Å². The van der Waals surface area contributed by atoms with E-state index in [4.69, 9.17) is 0 Å². The van der Waals surface area contributed by atoms with Crippen molar-refractivity contribution in [2.45, 2.75) is 46.6 Å². The fourth-order valence-corrected chi connectivity index (χ4v) is 2.21. The third-order valence-electron chi connectivity index (χ3n) is 3.89. The van der Waals surface area contributed by atoms with Crippen molar-refractivity contribution >= 4 is 0 Å². The highest BCUT2D eigenvalue weighted by atomic mass is 16.3. The van der Waals surface area contributed by atoms with Gasteiger partial charge in [0, 0.05) is 13.1 Å². The number of benzene rings is 1. The number of aliphatic hydroxyl groups is 1. The van der Waals surface area contributed by atoms with E-state index >= 15 is 0 Å². The Morgan fingerprint density at radius 1 is 1.16 bits per heavy atom. The lowest BCUT2D eigenvalue weighted by atomic mass is 10.0. The lowest BCUT2D eigenvalue weighted by molar-refractivity contribution is 0.138. The number of hydrogen-bond donors (Lipinski definition) is 1. The van der Waals surface area contributed by atoms with Crippen LogP contribution in [0.15, 0.2) is 24.3 Å². The first kappa shape index (κ1) is 16.2. The zero-order valence-electron chi connectivity index (χ0n) is 12.9. The van der Waals surface area contributed by atoms with Crippen LogP contribution in [0.5, 0.6) is 0 Å². The summed E-state index contributed by atoms with van der Waals surface area (Å²) < 4.78 is 0. The van der Waals surface area contributed by atoms with Gasteiger partial charge in [-0.15, -0.1) is 0 Å². The van der Waals surface area contributed by atoms with Crippen LogP contribution in [0, 0.1) is 12.8 Å². The van der Waals surface area contributed by atoms with Crippen LogP contribution in [0.4, 0.5) is 0 Å². The SMILES string of the molecule is CCC(C)CN(CC)CCC(O)c1ccc(C)cc1. The van der Waals surface area contributed by atoms with E-state index in [-0.39, 0.29) is 6.10 Å². The Labute approximate surface area is 118 Å². The van der Waals surface area contributed by atoms with E-state index in [1.807, 2.05) is 12.1 Å². The van der Waals surface area contributed by atoms with E-state index in [0.29, 0.717) is 0 Å².